The van der Waals surface area contributed by atoms with Crippen molar-refractivity contribution < 1.29 is 23.1 Å². The Morgan fingerprint density at radius 2 is 1.79 bits per heavy atom. The minimum Gasteiger partial charge on any atom is -0.453 e. The molecule has 3 aromatic rings. The smallest absolute Gasteiger partial charge is 0.240 e. The van der Waals surface area contributed by atoms with Crippen LogP contribution in [-0.2, 0) is 16.1 Å². The number of amides is 2. The van der Waals surface area contributed by atoms with Crippen molar-refractivity contribution >= 4 is 34.9 Å². The zero-order chi connectivity index (χ0) is 23.6. The molecule has 10 heteroatoms. The Morgan fingerprint density at radius 1 is 1.06 bits per heavy atom. The number of hydrogen-bond donors (Lipinski definition) is 3. The van der Waals surface area contributed by atoms with E-state index in [1.54, 1.807) is 12.1 Å². The summed E-state index contributed by atoms with van der Waals surface area (Å²) in [5, 5.41) is 5.34. The van der Waals surface area contributed by atoms with Gasteiger partial charge in [0.2, 0.25) is 11.8 Å². The third-order valence-electron chi connectivity index (χ3n) is 5.28. The predicted octanol–water partition coefficient (Wildman–Crippen LogP) is 4.42. The summed E-state index contributed by atoms with van der Waals surface area (Å²) in [7, 11) is 0. The summed E-state index contributed by atoms with van der Waals surface area (Å²) in [6.07, 6.45) is 2.12. The van der Waals surface area contributed by atoms with Crippen LogP contribution in [0.2, 0.25) is 5.02 Å². The molecule has 170 valence electrons. The first-order valence-electron chi connectivity index (χ1n) is 10.00. The SMILES string of the molecule is Nc1nccc(Oc2ccc(NC(=O)C3(C(=O)NCc4ccc(F)cc4)CC3)cc2F)c1Cl. The van der Waals surface area contributed by atoms with Crippen molar-refractivity contribution in [3.8, 4) is 11.5 Å². The van der Waals surface area contributed by atoms with E-state index in [-0.39, 0.29) is 40.4 Å². The van der Waals surface area contributed by atoms with E-state index >= 15 is 0 Å². The van der Waals surface area contributed by atoms with E-state index in [4.69, 9.17) is 22.1 Å². The van der Waals surface area contributed by atoms with Crippen LogP contribution in [-0.4, -0.2) is 16.8 Å². The van der Waals surface area contributed by atoms with E-state index in [0.717, 1.165) is 6.07 Å². The molecule has 2 amide bonds. The molecular formula is C23H19ClF2N4O3. The number of carbonyl (C=O) groups is 2. The largest absolute Gasteiger partial charge is 0.453 e. The van der Waals surface area contributed by atoms with Gasteiger partial charge >= 0.3 is 0 Å². The number of nitrogens with two attached hydrogens (primary N) is 1. The van der Waals surface area contributed by atoms with Gasteiger partial charge in [-0.15, -0.1) is 0 Å². The van der Waals surface area contributed by atoms with Crippen molar-refractivity contribution in [3.05, 3.63) is 76.9 Å². The van der Waals surface area contributed by atoms with Gasteiger partial charge in [0.1, 0.15) is 22.1 Å². The molecule has 1 fully saturated rings. The Morgan fingerprint density at radius 3 is 2.45 bits per heavy atom. The summed E-state index contributed by atoms with van der Waals surface area (Å²) in [6, 6.07) is 11.0. The summed E-state index contributed by atoms with van der Waals surface area (Å²) in [5.41, 5.74) is 5.27. The molecule has 1 aromatic heterocycles. The molecule has 1 aliphatic carbocycles. The number of aromatic nitrogens is 1. The van der Waals surface area contributed by atoms with E-state index in [2.05, 4.69) is 15.6 Å². The summed E-state index contributed by atoms with van der Waals surface area (Å²) < 4.78 is 33.0. The van der Waals surface area contributed by atoms with Crippen LogP contribution in [0, 0.1) is 17.0 Å². The lowest BCUT2D eigenvalue weighted by Crippen LogP contribution is -2.39. The summed E-state index contributed by atoms with van der Waals surface area (Å²) >= 11 is 6.01. The molecule has 0 bridgehead atoms. The number of rotatable bonds is 7. The number of nitrogens with zero attached hydrogens (tertiary/aromatic N) is 1. The van der Waals surface area contributed by atoms with Gasteiger partial charge in [-0.2, -0.15) is 0 Å². The number of pyridine rings is 1. The van der Waals surface area contributed by atoms with Gasteiger partial charge in [-0.3, -0.25) is 9.59 Å². The molecule has 33 heavy (non-hydrogen) atoms. The highest BCUT2D eigenvalue weighted by molar-refractivity contribution is 6.34. The van der Waals surface area contributed by atoms with Gasteiger partial charge in [-0.05, 0) is 42.7 Å². The number of ether oxygens (including phenoxy) is 1. The third-order valence-corrected chi connectivity index (χ3v) is 5.66. The number of halogens is 3. The second-order valence-corrected chi connectivity index (χ2v) is 7.98. The molecule has 1 saturated carbocycles. The molecule has 4 N–H and O–H groups in total. The Bertz CT molecular complexity index is 1220. The molecule has 7 nitrogen and oxygen atoms in total. The van der Waals surface area contributed by atoms with Crippen LogP contribution in [0.3, 0.4) is 0 Å². The van der Waals surface area contributed by atoms with Gasteiger partial charge in [0, 0.05) is 30.6 Å². The molecular weight excluding hydrogens is 454 g/mol. The molecule has 0 saturated heterocycles. The average Bonchev–Trinajstić information content (AvgIpc) is 3.60. The van der Waals surface area contributed by atoms with Crippen LogP contribution < -0.4 is 21.1 Å². The van der Waals surface area contributed by atoms with E-state index in [9.17, 15) is 18.4 Å². The molecule has 1 heterocycles. The zero-order valence-electron chi connectivity index (χ0n) is 17.2. The summed E-state index contributed by atoms with van der Waals surface area (Å²) in [5.74, 6) is -2.03. The van der Waals surface area contributed by atoms with Crippen LogP contribution in [0.15, 0.2) is 54.7 Å². The van der Waals surface area contributed by atoms with Gasteiger partial charge in [0.25, 0.3) is 0 Å². The van der Waals surface area contributed by atoms with Crippen LogP contribution in [0.1, 0.15) is 18.4 Å². The Kier molecular flexibility index (Phi) is 6.15. The lowest BCUT2D eigenvalue weighted by molar-refractivity contribution is -0.134. The maximum atomic E-state index is 14.6. The highest BCUT2D eigenvalue weighted by Crippen LogP contribution is 2.47. The van der Waals surface area contributed by atoms with Crippen molar-refractivity contribution in [1.29, 1.82) is 0 Å². The van der Waals surface area contributed by atoms with Crippen LogP contribution in [0.25, 0.3) is 0 Å². The molecule has 0 atom stereocenters. The van der Waals surface area contributed by atoms with Crippen molar-refractivity contribution in [2.24, 2.45) is 5.41 Å². The van der Waals surface area contributed by atoms with Crippen molar-refractivity contribution in [2.45, 2.75) is 19.4 Å². The van der Waals surface area contributed by atoms with E-state index < -0.39 is 23.0 Å². The Balaban J connectivity index is 1.39. The molecule has 0 radical (unpaired) electrons. The van der Waals surface area contributed by atoms with Crippen molar-refractivity contribution in [1.82, 2.24) is 10.3 Å². The van der Waals surface area contributed by atoms with Crippen LogP contribution in [0.4, 0.5) is 20.3 Å². The van der Waals surface area contributed by atoms with Gasteiger partial charge in [0.15, 0.2) is 17.3 Å². The number of carbonyl (C=O) groups excluding carboxylic acids is 2. The maximum Gasteiger partial charge on any atom is 0.240 e. The van der Waals surface area contributed by atoms with Crippen molar-refractivity contribution in [3.63, 3.8) is 0 Å². The van der Waals surface area contributed by atoms with Gasteiger partial charge < -0.3 is 21.1 Å². The number of nitrogens with one attached hydrogen (secondary N) is 2. The fraction of sp³-hybridized carbons (Fsp3) is 0.174. The second-order valence-electron chi connectivity index (χ2n) is 7.60. The number of benzene rings is 2. The van der Waals surface area contributed by atoms with E-state index in [1.807, 2.05) is 0 Å². The summed E-state index contributed by atoms with van der Waals surface area (Å²) in [6.45, 7) is 0.164. The Labute approximate surface area is 192 Å². The topological polar surface area (TPSA) is 106 Å². The zero-order valence-corrected chi connectivity index (χ0v) is 18.0. The van der Waals surface area contributed by atoms with Gasteiger partial charge in [0.05, 0.1) is 0 Å². The first-order valence-corrected chi connectivity index (χ1v) is 10.4. The van der Waals surface area contributed by atoms with Gasteiger partial charge in [-0.1, -0.05) is 23.7 Å². The quantitative estimate of drug-likeness (QED) is 0.441. The fourth-order valence-electron chi connectivity index (χ4n) is 3.19. The Hall–Kier alpha value is -3.72. The molecule has 0 spiro atoms. The summed E-state index contributed by atoms with van der Waals surface area (Å²) in [4.78, 5) is 29.2. The highest BCUT2D eigenvalue weighted by atomic mass is 35.5. The molecule has 0 aliphatic heterocycles. The van der Waals surface area contributed by atoms with Crippen LogP contribution in [0.5, 0.6) is 11.5 Å². The third kappa shape index (κ3) is 4.88. The van der Waals surface area contributed by atoms with E-state index in [1.165, 1.54) is 36.5 Å². The lowest BCUT2D eigenvalue weighted by atomic mass is 10.0. The maximum absolute atomic E-state index is 14.6. The minimum absolute atomic E-state index is 0.0471. The normalized spacial score (nSPS) is 13.8. The number of anilines is 2. The molecule has 0 unspecified atom stereocenters. The number of nitrogen functional groups attached to an aromatic ring is 1. The lowest BCUT2D eigenvalue weighted by Gasteiger charge is -2.16. The monoisotopic (exact) mass is 472 g/mol. The van der Waals surface area contributed by atoms with Crippen LogP contribution >= 0.6 is 11.6 Å². The average molecular weight is 473 g/mol. The van der Waals surface area contributed by atoms with Gasteiger partial charge in [-0.25, -0.2) is 13.8 Å². The molecule has 4 rings (SSSR count). The number of hydrogen-bond acceptors (Lipinski definition) is 5. The second kappa shape index (κ2) is 9.03. The fourth-order valence-corrected chi connectivity index (χ4v) is 3.34. The highest BCUT2D eigenvalue weighted by Gasteiger charge is 2.56. The van der Waals surface area contributed by atoms with Crippen molar-refractivity contribution in [2.75, 3.05) is 11.1 Å². The standard InChI is InChI=1S/C23H19ClF2N4O3/c24-19-18(7-10-28-20(19)27)33-17-6-5-15(11-16(17)26)30-22(32)23(8-9-23)21(31)29-12-13-1-3-14(25)4-2-13/h1-7,10-11H,8-9,12H2,(H2,27,28)(H,29,31)(H,30,32). The minimum atomic E-state index is -1.21. The first kappa shape index (κ1) is 22.5. The van der Waals surface area contributed by atoms with E-state index in [0.29, 0.717) is 18.4 Å². The predicted molar refractivity (Wildman–Crippen MR) is 119 cm³/mol. The molecule has 2 aromatic carbocycles. The molecule has 1 aliphatic rings. The first-order chi connectivity index (χ1) is 15.8.